The van der Waals surface area contributed by atoms with Crippen LogP contribution in [0.2, 0.25) is 0 Å². The maximum Gasteiger partial charge on any atom is 0.251 e. The molecule has 0 aliphatic carbocycles. The number of nitrogens with two attached hydrogens (primary N) is 1. The van der Waals surface area contributed by atoms with Crippen LogP contribution in [0.5, 0.6) is 5.75 Å². The van der Waals surface area contributed by atoms with Gasteiger partial charge in [0.1, 0.15) is 5.75 Å². The second kappa shape index (κ2) is 6.72. The first-order chi connectivity index (χ1) is 11.6. The predicted octanol–water partition coefficient (Wildman–Crippen LogP) is 1.70. The molecule has 3 N–H and O–H groups in total. The van der Waals surface area contributed by atoms with E-state index in [9.17, 15) is 9.59 Å². The standard InChI is InChI=1S/C18H19N3O3/c1-24-15-7-5-14(6-8-15)21-17(22)10-16(18(21)23)20-11-12-3-2-4-13(19)9-12/h2-9,16,20H,10-11,19H2,1H3/t16-/m1/s1. The zero-order valence-corrected chi connectivity index (χ0v) is 13.4. The lowest BCUT2D eigenvalue weighted by Crippen LogP contribution is -2.38. The highest BCUT2D eigenvalue weighted by Crippen LogP contribution is 2.25. The van der Waals surface area contributed by atoms with Crippen molar-refractivity contribution in [1.29, 1.82) is 0 Å². The van der Waals surface area contributed by atoms with Gasteiger partial charge in [-0.1, -0.05) is 12.1 Å². The Morgan fingerprint density at radius 3 is 2.62 bits per heavy atom. The Labute approximate surface area is 140 Å². The van der Waals surface area contributed by atoms with E-state index in [1.54, 1.807) is 37.4 Å². The van der Waals surface area contributed by atoms with Crippen molar-refractivity contribution in [3.8, 4) is 5.75 Å². The fourth-order valence-corrected chi connectivity index (χ4v) is 2.74. The Kier molecular flexibility index (Phi) is 4.48. The molecular formula is C18H19N3O3. The summed E-state index contributed by atoms with van der Waals surface area (Å²) in [6.07, 6.45) is 0.146. The monoisotopic (exact) mass is 325 g/mol. The van der Waals surface area contributed by atoms with Crippen LogP contribution in [0.25, 0.3) is 0 Å². The summed E-state index contributed by atoms with van der Waals surface area (Å²) in [5.74, 6) is 0.221. The summed E-state index contributed by atoms with van der Waals surface area (Å²) in [7, 11) is 1.57. The molecule has 0 saturated carbocycles. The third-order valence-electron chi connectivity index (χ3n) is 3.98. The largest absolute Gasteiger partial charge is 0.497 e. The molecule has 0 radical (unpaired) electrons. The fraction of sp³-hybridized carbons (Fsp3) is 0.222. The Morgan fingerprint density at radius 1 is 1.21 bits per heavy atom. The molecule has 24 heavy (non-hydrogen) atoms. The van der Waals surface area contributed by atoms with E-state index in [-0.39, 0.29) is 18.2 Å². The number of imide groups is 1. The van der Waals surface area contributed by atoms with Gasteiger partial charge in [0.2, 0.25) is 5.91 Å². The van der Waals surface area contributed by atoms with E-state index in [0.29, 0.717) is 23.7 Å². The van der Waals surface area contributed by atoms with Crippen LogP contribution >= 0.6 is 0 Å². The average molecular weight is 325 g/mol. The van der Waals surface area contributed by atoms with Gasteiger partial charge in [0, 0.05) is 12.2 Å². The molecule has 1 aliphatic rings. The van der Waals surface area contributed by atoms with E-state index < -0.39 is 6.04 Å². The van der Waals surface area contributed by atoms with E-state index in [0.717, 1.165) is 5.56 Å². The van der Waals surface area contributed by atoms with Crippen LogP contribution in [0, 0.1) is 0 Å². The molecule has 1 atom stereocenters. The summed E-state index contributed by atoms with van der Waals surface area (Å²) in [5, 5.41) is 3.14. The number of carbonyl (C=O) groups is 2. The predicted molar refractivity (Wildman–Crippen MR) is 91.6 cm³/mol. The maximum absolute atomic E-state index is 12.5. The number of hydrogen-bond donors (Lipinski definition) is 2. The highest BCUT2D eigenvalue weighted by molar-refractivity contribution is 6.22. The van der Waals surface area contributed by atoms with Crippen molar-refractivity contribution in [1.82, 2.24) is 5.32 Å². The van der Waals surface area contributed by atoms with Crippen molar-refractivity contribution in [3.05, 3.63) is 54.1 Å². The van der Waals surface area contributed by atoms with E-state index in [1.165, 1.54) is 4.90 Å². The molecule has 0 aromatic heterocycles. The molecule has 2 aromatic carbocycles. The summed E-state index contributed by atoms with van der Waals surface area (Å²) in [6.45, 7) is 0.477. The molecule has 2 amide bonds. The lowest BCUT2D eigenvalue weighted by atomic mass is 10.2. The molecule has 0 unspecified atom stereocenters. The van der Waals surface area contributed by atoms with Crippen LogP contribution < -0.4 is 20.7 Å². The number of anilines is 2. The zero-order valence-electron chi connectivity index (χ0n) is 13.4. The molecule has 1 saturated heterocycles. The van der Waals surface area contributed by atoms with E-state index >= 15 is 0 Å². The van der Waals surface area contributed by atoms with Gasteiger partial charge in [0.05, 0.1) is 25.3 Å². The Bertz CT molecular complexity index is 758. The van der Waals surface area contributed by atoms with Crippen molar-refractivity contribution in [2.24, 2.45) is 0 Å². The number of carbonyl (C=O) groups excluding carboxylic acids is 2. The Hall–Kier alpha value is -2.86. The van der Waals surface area contributed by atoms with Crippen LogP contribution in [0.4, 0.5) is 11.4 Å². The van der Waals surface area contributed by atoms with Crippen molar-refractivity contribution in [2.75, 3.05) is 17.7 Å². The van der Waals surface area contributed by atoms with Gasteiger partial charge in [-0.2, -0.15) is 0 Å². The molecule has 2 aromatic rings. The normalized spacial score (nSPS) is 17.4. The van der Waals surface area contributed by atoms with Gasteiger partial charge in [-0.05, 0) is 42.0 Å². The minimum Gasteiger partial charge on any atom is -0.497 e. The third-order valence-corrected chi connectivity index (χ3v) is 3.98. The summed E-state index contributed by atoms with van der Waals surface area (Å²) in [6, 6.07) is 13.8. The highest BCUT2D eigenvalue weighted by atomic mass is 16.5. The first-order valence-electron chi connectivity index (χ1n) is 7.67. The topological polar surface area (TPSA) is 84.7 Å². The summed E-state index contributed by atoms with van der Waals surface area (Å²) >= 11 is 0. The van der Waals surface area contributed by atoms with E-state index in [4.69, 9.17) is 10.5 Å². The Balaban J connectivity index is 1.69. The van der Waals surface area contributed by atoms with Gasteiger partial charge >= 0.3 is 0 Å². The molecule has 1 aliphatic heterocycles. The van der Waals surface area contributed by atoms with Gasteiger partial charge in [0.15, 0.2) is 0 Å². The fourth-order valence-electron chi connectivity index (χ4n) is 2.74. The quantitative estimate of drug-likeness (QED) is 0.646. The van der Waals surface area contributed by atoms with Crippen molar-refractivity contribution >= 4 is 23.2 Å². The first-order valence-corrected chi connectivity index (χ1v) is 7.67. The number of nitrogen functional groups attached to an aromatic ring is 1. The minimum atomic E-state index is -0.527. The smallest absolute Gasteiger partial charge is 0.251 e. The van der Waals surface area contributed by atoms with Gasteiger partial charge in [-0.15, -0.1) is 0 Å². The minimum absolute atomic E-state index is 0.146. The first kappa shape index (κ1) is 16.0. The number of benzene rings is 2. The number of hydrogen-bond acceptors (Lipinski definition) is 5. The number of ether oxygens (including phenoxy) is 1. The average Bonchev–Trinajstić information content (AvgIpc) is 2.87. The molecule has 6 nitrogen and oxygen atoms in total. The van der Waals surface area contributed by atoms with Crippen LogP contribution in [-0.2, 0) is 16.1 Å². The lowest BCUT2D eigenvalue weighted by Gasteiger charge is -2.16. The van der Waals surface area contributed by atoms with Crippen LogP contribution in [0.3, 0.4) is 0 Å². The van der Waals surface area contributed by atoms with Gasteiger partial charge < -0.3 is 15.8 Å². The molecule has 124 valence electrons. The molecule has 1 heterocycles. The number of methoxy groups -OCH3 is 1. The zero-order chi connectivity index (χ0) is 17.1. The Morgan fingerprint density at radius 2 is 1.96 bits per heavy atom. The third kappa shape index (κ3) is 3.23. The van der Waals surface area contributed by atoms with Crippen LogP contribution in [0.15, 0.2) is 48.5 Å². The molecule has 6 heteroatoms. The summed E-state index contributed by atoms with van der Waals surface area (Å²) < 4.78 is 5.09. The van der Waals surface area contributed by atoms with E-state index in [1.807, 2.05) is 18.2 Å². The molecule has 0 spiro atoms. The number of nitrogens with one attached hydrogen (secondary N) is 1. The highest BCUT2D eigenvalue weighted by Gasteiger charge is 2.39. The number of rotatable bonds is 5. The van der Waals surface area contributed by atoms with Crippen molar-refractivity contribution in [3.63, 3.8) is 0 Å². The molecule has 1 fully saturated rings. The van der Waals surface area contributed by atoms with Gasteiger partial charge in [0.25, 0.3) is 5.91 Å². The van der Waals surface area contributed by atoms with Gasteiger partial charge in [-0.25, -0.2) is 4.90 Å². The van der Waals surface area contributed by atoms with Gasteiger partial charge in [-0.3, -0.25) is 9.59 Å². The van der Waals surface area contributed by atoms with Crippen LogP contribution in [0.1, 0.15) is 12.0 Å². The van der Waals surface area contributed by atoms with Crippen molar-refractivity contribution in [2.45, 2.75) is 19.0 Å². The second-order valence-electron chi connectivity index (χ2n) is 5.65. The summed E-state index contributed by atoms with van der Waals surface area (Å²) in [5.41, 5.74) is 7.94. The SMILES string of the molecule is COc1ccc(N2C(=O)C[C@@H](NCc3cccc(N)c3)C2=O)cc1. The van der Waals surface area contributed by atoms with Crippen molar-refractivity contribution < 1.29 is 14.3 Å². The molecular weight excluding hydrogens is 306 g/mol. The van der Waals surface area contributed by atoms with Crippen LogP contribution in [-0.4, -0.2) is 25.0 Å². The number of nitrogens with zero attached hydrogens (tertiary/aromatic N) is 1. The van der Waals surface area contributed by atoms with E-state index in [2.05, 4.69) is 5.32 Å². The maximum atomic E-state index is 12.5. The lowest BCUT2D eigenvalue weighted by molar-refractivity contribution is -0.121. The molecule has 0 bridgehead atoms. The molecule has 3 rings (SSSR count). The summed E-state index contributed by atoms with van der Waals surface area (Å²) in [4.78, 5) is 26.0. The second-order valence-corrected chi connectivity index (χ2v) is 5.65. The number of amides is 2.